The van der Waals surface area contributed by atoms with Gasteiger partial charge in [0.15, 0.2) is 12.4 Å². The normalized spacial score (nSPS) is 24.5. The van der Waals surface area contributed by atoms with Gasteiger partial charge in [-0.2, -0.15) is 0 Å². The lowest BCUT2D eigenvalue weighted by atomic mass is 9.96. The Kier molecular flexibility index (Phi) is 10.2. The van der Waals surface area contributed by atoms with E-state index in [-0.39, 0.29) is 19.8 Å². The SMILES string of the molecule is CC(=O)O[C@@H]1[C@@H](NC(=O)C(Cl)(Cl)Cl)[C@H](O)O[C@H](COCc2ccccc2)[C@@H]1OCc1ccccc1. The van der Waals surface area contributed by atoms with Gasteiger partial charge in [0, 0.05) is 6.92 Å². The molecular formula is C24H26Cl3NO7. The molecule has 0 radical (unpaired) electrons. The number of halogens is 3. The van der Waals surface area contributed by atoms with Gasteiger partial charge in [-0.1, -0.05) is 95.5 Å². The molecule has 35 heavy (non-hydrogen) atoms. The number of benzene rings is 2. The lowest BCUT2D eigenvalue weighted by molar-refractivity contribution is -0.272. The third-order valence-electron chi connectivity index (χ3n) is 5.20. The van der Waals surface area contributed by atoms with Gasteiger partial charge in [0.1, 0.15) is 18.2 Å². The van der Waals surface area contributed by atoms with Crippen LogP contribution in [-0.4, -0.2) is 58.0 Å². The Bertz CT molecular complexity index is 959. The number of amides is 1. The van der Waals surface area contributed by atoms with E-state index in [1.165, 1.54) is 6.92 Å². The van der Waals surface area contributed by atoms with Gasteiger partial charge in [-0.3, -0.25) is 9.59 Å². The summed E-state index contributed by atoms with van der Waals surface area (Å²) in [6, 6.07) is 17.5. The molecule has 1 fully saturated rings. The summed E-state index contributed by atoms with van der Waals surface area (Å²) in [5.41, 5.74) is 1.79. The Hall–Kier alpha value is -1.91. The number of carbonyl (C=O) groups is 2. The standard InChI is InChI=1S/C24H26Cl3NO7/c1-15(29)34-21-19(28-23(31)24(25,26)27)22(30)35-18(14-32-12-16-8-4-2-5-9-16)20(21)33-13-17-10-6-3-7-11-17/h2-11,18-22,30H,12-14H2,1H3,(H,28,31)/t18-,19-,20+,21-,22-/m1/s1. The molecule has 11 heteroatoms. The number of esters is 1. The first-order valence-electron chi connectivity index (χ1n) is 10.8. The maximum atomic E-state index is 12.3. The highest BCUT2D eigenvalue weighted by atomic mass is 35.6. The van der Waals surface area contributed by atoms with Crippen molar-refractivity contribution in [2.24, 2.45) is 0 Å². The molecule has 3 rings (SSSR count). The zero-order chi connectivity index (χ0) is 25.4. The third-order valence-corrected chi connectivity index (χ3v) is 5.72. The molecule has 0 unspecified atom stereocenters. The van der Waals surface area contributed by atoms with Gasteiger partial charge in [-0.25, -0.2) is 0 Å². The summed E-state index contributed by atoms with van der Waals surface area (Å²) in [7, 11) is 0. The fourth-order valence-electron chi connectivity index (χ4n) is 3.61. The predicted octanol–water partition coefficient (Wildman–Crippen LogP) is 3.29. The molecule has 1 aliphatic heterocycles. The minimum absolute atomic E-state index is 0.00823. The molecule has 190 valence electrons. The first-order chi connectivity index (χ1) is 16.6. The van der Waals surface area contributed by atoms with Crippen LogP contribution < -0.4 is 5.32 Å². The lowest BCUT2D eigenvalue weighted by Crippen LogP contribution is -2.66. The molecular weight excluding hydrogens is 521 g/mol. The molecule has 2 aromatic carbocycles. The largest absolute Gasteiger partial charge is 0.457 e. The van der Waals surface area contributed by atoms with Crippen LogP contribution >= 0.6 is 34.8 Å². The van der Waals surface area contributed by atoms with Crippen molar-refractivity contribution >= 4 is 46.7 Å². The van der Waals surface area contributed by atoms with Crippen molar-refractivity contribution in [2.45, 2.75) is 54.6 Å². The third kappa shape index (κ3) is 8.32. The van der Waals surface area contributed by atoms with Crippen LogP contribution in [0, 0.1) is 0 Å². The van der Waals surface area contributed by atoms with Crippen molar-refractivity contribution < 1.29 is 33.6 Å². The average Bonchev–Trinajstić information content (AvgIpc) is 2.81. The topological polar surface area (TPSA) is 103 Å². The predicted molar refractivity (Wildman–Crippen MR) is 130 cm³/mol. The molecule has 8 nitrogen and oxygen atoms in total. The highest BCUT2D eigenvalue weighted by Crippen LogP contribution is 2.30. The summed E-state index contributed by atoms with van der Waals surface area (Å²) < 4.78 is 20.8. The van der Waals surface area contributed by atoms with Gasteiger partial charge in [0.25, 0.3) is 9.70 Å². The van der Waals surface area contributed by atoms with Crippen molar-refractivity contribution in [3.8, 4) is 0 Å². The molecule has 2 aromatic rings. The molecule has 1 heterocycles. The van der Waals surface area contributed by atoms with E-state index in [2.05, 4.69) is 5.32 Å². The quantitative estimate of drug-likeness (QED) is 0.367. The fourth-order valence-corrected chi connectivity index (χ4v) is 3.77. The molecule has 2 N–H and O–H groups in total. The van der Waals surface area contributed by atoms with E-state index < -0.39 is 46.3 Å². The summed E-state index contributed by atoms with van der Waals surface area (Å²) in [5.74, 6) is -1.68. The molecule has 1 saturated heterocycles. The lowest BCUT2D eigenvalue weighted by Gasteiger charge is -2.44. The zero-order valence-corrected chi connectivity index (χ0v) is 21.1. The second kappa shape index (κ2) is 12.9. The van der Waals surface area contributed by atoms with Crippen LogP contribution in [-0.2, 0) is 41.8 Å². The molecule has 5 atom stereocenters. The Labute approximate surface area is 218 Å². The number of rotatable bonds is 9. The Morgan fingerprint density at radius 1 is 0.971 bits per heavy atom. The molecule has 0 bridgehead atoms. The summed E-state index contributed by atoms with van der Waals surface area (Å²) in [4.78, 5) is 24.3. The monoisotopic (exact) mass is 545 g/mol. The van der Waals surface area contributed by atoms with Crippen molar-refractivity contribution in [1.82, 2.24) is 5.32 Å². The van der Waals surface area contributed by atoms with Gasteiger partial charge < -0.3 is 29.4 Å². The second-order valence-electron chi connectivity index (χ2n) is 7.90. The number of nitrogens with one attached hydrogen (secondary N) is 1. The average molecular weight is 547 g/mol. The molecule has 0 spiro atoms. The van der Waals surface area contributed by atoms with E-state index in [1.807, 2.05) is 60.7 Å². The smallest absolute Gasteiger partial charge is 0.303 e. The molecule has 0 aliphatic carbocycles. The van der Waals surface area contributed by atoms with E-state index in [4.69, 9.17) is 53.8 Å². The Morgan fingerprint density at radius 2 is 1.54 bits per heavy atom. The highest BCUT2D eigenvalue weighted by molar-refractivity contribution is 6.76. The minimum atomic E-state index is -2.31. The molecule has 0 saturated carbocycles. The summed E-state index contributed by atoms with van der Waals surface area (Å²) in [5, 5.41) is 13.1. The molecule has 0 aromatic heterocycles. The fraction of sp³-hybridized carbons (Fsp3) is 0.417. The maximum absolute atomic E-state index is 12.3. The van der Waals surface area contributed by atoms with Gasteiger partial charge in [-0.05, 0) is 11.1 Å². The van der Waals surface area contributed by atoms with Gasteiger partial charge in [0.05, 0.1) is 19.8 Å². The van der Waals surface area contributed by atoms with Gasteiger partial charge in [-0.15, -0.1) is 0 Å². The van der Waals surface area contributed by atoms with Crippen LogP contribution in [0.3, 0.4) is 0 Å². The summed E-state index contributed by atoms with van der Waals surface area (Å²) >= 11 is 17.0. The van der Waals surface area contributed by atoms with Gasteiger partial charge >= 0.3 is 5.97 Å². The molecule has 1 amide bonds. The van der Waals surface area contributed by atoms with E-state index in [0.29, 0.717) is 0 Å². The first kappa shape index (κ1) is 27.7. The van der Waals surface area contributed by atoms with Crippen LogP contribution in [0.25, 0.3) is 0 Å². The van der Waals surface area contributed by atoms with Crippen LogP contribution in [0.1, 0.15) is 18.1 Å². The van der Waals surface area contributed by atoms with Crippen LogP contribution in [0.4, 0.5) is 0 Å². The van der Waals surface area contributed by atoms with Crippen molar-refractivity contribution in [3.05, 3.63) is 71.8 Å². The number of aliphatic hydroxyl groups excluding tert-OH is 1. The van der Waals surface area contributed by atoms with E-state index in [1.54, 1.807) is 0 Å². The minimum Gasteiger partial charge on any atom is -0.457 e. The zero-order valence-electron chi connectivity index (χ0n) is 18.8. The number of carbonyl (C=O) groups excluding carboxylic acids is 2. The van der Waals surface area contributed by atoms with Crippen LogP contribution in [0.15, 0.2) is 60.7 Å². The Balaban J connectivity index is 1.81. The number of hydrogen-bond acceptors (Lipinski definition) is 7. The summed E-state index contributed by atoms with van der Waals surface area (Å²) in [6.45, 7) is 1.63. The van der Waals surface area contributed by atoms with Gasteiger partial charge in [0.2, 0.25) is 0 Å². The second-order valence-corrected chi connectivity index (χ2v) is 10.2. The van der Waals surface area contributed by atoms with Crippen molar-refractivity contribution in [1.29, 1.82) is 0 Å². The van der Waals surface area contributed by atoms with Crippen LogP contribution in [0.5, 0.6) is 0 Å². The summed E-state index contributed by atoms with van der Waals surface area (Å²) in [6.07, 6.45) is -4.54. The highest BCUT2D eigenvalue weighted by Gasteiger charge is 2.50. The van der Waals surface area contributed by atoms with Crippen molar-refractivity contribution in [2.75, 3.05) is 6.61 Å². The maximum Gasteiger partial charge on any atom is 0.303 e. The van der Waals surface area contributed by atoms with E-state index >= 15 is 0 Å². The number of aliphatic hydroxyl groups is 1. The first-order valence-corrected chi connectivity index (χ1v) is 11.9. The van der Waals surface area contributed by atoms with Crippen LogP contribution in [0.2, 0.25) is 0 Å². The van der Waals surface area contributed by atoms with Crippen molar-refractivity contribution in [3.63, 3.8) is 0 Å². The number of alkyl halides is 3. The number of ether oxygens (including phenoxy) is 4. The van der Waals surface area contributed by atoms with E-state index in [0.717, 1.165) is 11.1 Å². The Morgan fingerprint density at radius 3 is 2.09 bits per heavy atom. The molecule has 1 aliphatic rings. The number of hydrogen-bond donors (Lipinski definition) is 2. The van der Waals surface area contributed by atoms with E-state index in [9.17, 15) is 14.7 Å².